The molecule has 0 aliphatic carbocycles. The number of benzene rings is 2. The molecule has 1 aromatic heterocycles. The van der Waals surface area contributed by atoms with Crippen LogP contribution in [0.15, 0.2) is 83.4 Å². The van der Waals surface area contributed by atoms with Crippen molar-refractivity contribution in [2.45, 2.75) is 19.6 Å². The predicted molar refractivity (Wildman–Crippen MR) is 126 cm³/mol. The number of carbonyl (C=O) groups excluding carboxylic acids is 2. The highest BCUT2D eigenvalue weighted by atomic mass is 32.1. The van der Waals surface area contributed by atoms with Crippen molar-refractivity contribution in [1.82, 2.24) is 10.6 Å². The van der Waals surface area contributed by atoms with E-state index in [2.05, 4.69) is 10.6 Å². The van der Waals surface area contributed by atoms with E-state index in [9.17, 15) is 9.59 Å². The van der Waals surface area contributed by atoms with Gasteiger partial charge in [-0.25, -0.2) is 9.59 Å². The van der Waals surface area contributed by atoms with Gasteiger partial charge in [-0.15, -0.1) is 11.3 Å². The molecule has 0 bridgehead atoms. The summed E-state index contributed by atoms with van der Waals surface area (Å²) >= 11 is 6.61. The van der Waals surface area contributed by atoms with E-state index >= 15 is 0 Å². The highest BCUT2D eigenvalue weighted by molar-refractivity contribution is 7.80. The Morgan fingerprint density at radius 3 is 2.44 bits per heavy atom. The van der Waals surface area contributed by atoms with Gasteiger partial charge in [-0.1, -0.05) is 48.5 Å². The van der Waals surface area contributed by atoms with Gasteiger partial charge in [0.1, 0.15) is 17.2 Å². The Bertz CT molecular complexity index is 1160. The highest BCUT2D eigenvalue weighted by Crippen LogP contribution is 2.29. The smallest absolute Gasteiger partial charge is 0.353 e. The van der Waals surface area contributed by atoms with Crippen molar-refractivity contribution in [2.24, 2.45) is 0 Å². The zero-order valence-electron chi connectivity index (χ0n) is 17.2. The van der Waals surface area contributed by atoms with Crippen LogP contribution in [0.3, 0.4) is 0 Å². The Morgan fingerprint density at radius 2 is 1.75 bits per heavy atom. The Balaban J connectivity index is 1.51. The lowest BCUT2D eigenvalue weighted by molar-refractivity contribution is -0.140. The van der Waals surface area contributed by atoms with Crippen LogP contribution in [-0.2, 0) is 16.1 Å². The van der Waals surface area contributed by atoms with Gasteiger partial charge in [0.15, 0.2) is 5.11 Å². The topological polar surface area (TPSA) is 76.7 Å². The van der Waals surface area contributed by atoms with Gasteiger partial charge in [-0.2, -0.15) is 0 Å². The molecule has 162 valence electrons. The largest absolute Gasteiger partial charge is 0.457 e. The van der Waals surface area contributed by atoms with Crippen LogP contribution in [0.25, 0.3) is 0 Å². The number of nitrogens with one attached hydrogen (secondary N) is 2. The molecule has 2 N–H and O–H groups in total. The van der Waals surface area contributed by atoms with Crippen LogP contribution < -0.4 is 15.4 Å². The van der Waals surface area contributed by atoms with E-state index in [1.54, 1.807) is 43.3 Å². The summed E-state index contributed by atoms with van der Waals surface area (Å²) in [5.74, 6) is -0.431. The number of hydrogen-bond acceptors (Lipinski definition) is 6. The van der Waals surface area contributed by atoms with E-state index in [0.717, 1.165) is 11.1 Å². The molecule has 0 radical (unpaired) electrons. The minimum absolute atomic E-state index is 0.172. The van der Waals surface area contributed by atoms with Crippen LogP contribution in [0.4, 0.5) is 0 Å². The lowest BCUT2D eigenvalue weighted by Gasteiger charge is -2.30. The van der Waals surface area contributed by atoms with Crippen molar-refractivity contribution >= 4 is 40.6 Å². The van der Waals surface area contributed by atoms with Crippen molar-refractivity contribution in [3.05, 3.63) is 99.4 Å². The van der Waals surface area contributed by atoms with Crippen LogP contribution in [0.1, 0.15) is 33.8 Å². The zero-order valence-corrected chi connectivity index (χ0v) is 18.8. The number of carbonyl (C=O) groups is 2. The van der Waals surface area contributed by atoms with Crippen LogP contribution in [0.2, 0.25) is 0 Å². The first kappa shape index (κ1) is 21.7. The molecule has 2 aromatic carbocycles. The average molecular weight is 465 g/mol. The number of esters is 2. The third kappa shape index (κ3) is 5.04. The van der Waals surface area contributed by atoms with Crippen LogP contribution in [-0.4, -0.2) is 17.1 Å². The van der Waals surface area contributed by atoms with Crippen LogP contribution in [0, 0.1) is 0 Å². The van der Waals surface area contributed by atoms with Crippen molar-refractivity contribution in [2.75, 3.05) is 0 Å². The number of hydrogen-bond donors (Lipinski definition) is 2. The third-order valence-electron chi connectivity index (χ3n) is 4.85. The quantitative estimate of drug-likeness (QED) is 0.316. The van der Waals surface area contributed by atoms with E-state index in [-0.39, 0.29) is 6.61 Å². The summed E-state index contributed by atoms with van der Waals surface area (Å²) in [6.07, 6.45) is 0. The molecule has 0 fully saturated rings. The molecule has 3 aromatic rings. The zero-order chi connectivity index (χ0) is 22.5. The molecule has 0 saturated heterocycles. The summed E-state index contributed by atoms with van der Waals surface area (Å²) < 4.78 is 11.0. The standard InChI is InChI=1S/C24H20N2O4S2/c1-15-20(23(28)29-14-16-6-3-2-4-7-16)21(26-24(31)25-15)17-9-11-18(12-10-17)30-22(27)19-8-5-13-32-19/h2-13,21H,14H2,1H3,(H2,25,26,31)/t21-/m1/s1. The van der Waals surface area contributed by atoms with Crippen molar-refractivity contribution < 1.29 is 19.1 Å². The first-order chi connectivity index (χ1) is 15.5. The summed E-state index contributed by atoms with van der Waals surface area (Å²) in [6, 6.07) is 19.5. The molecule has 0 spiro atoms. The molecule has 0 saturated carbocycles. The maximum atomic E-state index is 12.9. The molecule has 8 heteroatoms. The van der Waals surface area contributed by atoms with Crippen molar-refractivity contribution in [3.63, 3.8) is 0 Å². The molecule has 1 atom stereocenters. The molecular formula is C24H20N2O4S2. The number of ether oxygens (including phenoxy) is 2. The second-order valence-corrected chi connectivity index (χ2v) is 8.42. The minimum atomic E-state index is -0.492. The second-order valence-electron chi connectivity index (χ2n) is 7.07. The first-order valence-electron chi connectivity index (χ1n) is 9.86. The number of rotatable bonds is 6. The van der Waals surface area contributed by atoms with Gasteiger partial charge in [0.05, 0.1) is 11.6 Å². The molecule has 2 heterocycles. The molecule has 0 unspecified atom stereocenters. The number of allylic oxidation sites excluding steroid dienone is 1. The maximum Gasteiger partial charge on any atom is 0.353 e. The van der Waals surface area contributed by atoms with Gasteiger partial charge in [0.2, 0.25) is 0 Å². The van der Waals surface area contributed by atoms with Gasteiger partial charge in [0.25, 0.3) is 0 Å². The average Bonchev–Trinajstić information content (AvgIpc) is 3.33. The summed E-state index contributed by atoms with van der Waals surface area (Å²) in [5.41, 5.74) is 2.76. The fourth-order valence-electron chi connectivity index (χ4n) is 3.30. The lowest BCUT2D eigenvalue weighted by Crippen LogP contribution is -2.45. The molecule has 4 rings (SSSR count). The van der Waals surface area contributed by atoms with E-state index < -0.39 is 18.0 Å². The van der Waals surface area contributed by atoms with E-state index in [0.29, 0.717) is 27.0 Å². The maximum absolute atomic E-state index is 12.9. The summed E-state index contributed by atoms with van der Waals surface area (Å²) in [7, 11) is 0. The Kier molecular flexibility index (Phi) is 6.63. The van der Waals surface area contributed by atoms with Crippen LogP contribution >= 0.6 is 23.6 Å². The first-order valence-corrected chi connectivity index (χ1v) is 11.1. The molecule has 32 heavy (non-hydrogen) atoms. The lowest BCUT2D eigenvalue weighted by atomic mass is 9.95. The predicted octanol–water partition coefficient (Wildman–Crippen LogP) is 4.50. The normalized spacial score (nSPS) is 15.5. The number of thiocarbonyl (C=S) groups is 1. The number of thiophene rings is 1. The van der Waals surface area contributed by atoms with E-state index in [4.69, 9.17) is 21.7 Å². The molecule has 0 amide bonds. The molecule has 6 nitrogen and oxygen atoms in total. The van der Waals surface area contributed by atoms with Gasteiger partial charge < -0.3 is 20.1 Å². The second kappa shape index (κ2) is 9.76. The highest BCUT2D eigenvalue weighted by Gasteiger charge is 2.31. The Labute approximate surface area is 194 Å². The Hall–Kier alpha value is -3.49. The van der Waals surface area contributed by atoms with Crippen molar-refractivity contribution in [1.29, 1.82) is 0 Å². The van der Waals surface area contributed by atoms with E-state index in [1.807, 2.05) is 35.7 Å². The summed E-state index contributed by atoms with van der Waals surface area (Å²) in [4.78, 5) is 25.6. The van der Waals surface area contributed by atoms with E-state index in [1.165, 1.54) is 11.3 Å². The molecular weight excluding hydrogens is 444 g/mol. The third-order valence-corrected chi connectivity index (χ3v) is 5.92. The SMILES string of the molecule is CC1=C(C(=O)OCc2ccccc2)[C@@H](c2ccc(OC(=O)c3cccs3)cc2)NC(=S)N1. The molecule has 1 aliphatic rings. The minimum Gasteiger partial charge on any atom is -0.457 e. The summed E-state index contributed by atoms with van der Waals surface area (Å²) in [5, 5.41) is 8.36. The fourth-order valence-corrected chi connectivity index (χ4v) is 4.17. The van der Waals surface area contributed by atoms with Gasteiger partial charge in [-0.3, -0.25) is 0 Å². The van der Waals surface area contributed by atoms with Gasteiger partial charge in [-0.05, 0) is 53.8 Å². The fraction of sp³-hybridized carbons (Fsp3) is 0.125. The monoisotopic (exact) mass is 464 g/mol. The van der Waals surface area contributed by atoms with Crippen LogP contribution in [0.5, 0.6) is 5.75 Å². The van der Waals surface area contributed by atoms with Gasteiger partial charge in [0, 0.05) is 5.70 Å². The van der Waals surface area contributed by atoms with Crippen molar-refractivity contribution in [3.8, 4) is 5.75 Å². The summed E-state index contributed by atoms with van der Waals surface area (Å²) in [6.45, 7) is 1.96. The molecule has 1 aliphatic heterocycles. The van der Waals surface area contributed by atoms with Gasteiger partial charge >= 0.3 is 11.9 Å². The Morgan fingerprint density at radius 1 is 1.00 bits per heavy atom.